The number of rotatable bonds is 12. The summed E-state index contributed by atoms with van der Waals surface area (Å²) in [6.07, 6.45) is 3.35. The molecule has 0 spiro atoms. The minimum absolute atomic E-state index is 0. The monoisotopic (exact) mass is 736 g/mol. The van der Waals surface area contributed by atoms with E-state index >= 15 is 0 Å². The Hall–Kier alpha value is -1.23. The van der Waals surface area contributed by atoms with Crippen LogP contribution in [0.2, 0.25) is 0 Å². The number of Topliss-reactive ketones (excluding diaryl/α,β-unsaturated/α-hetero) is 1. The number of ether oxygens (including phenoxy) is 4. The molecule has 15 heteroatoms. The van der Waals surface area contributed by atoms with Crippen molar-refractivity contribution in [2.45, 2.75) is 25.7 Å². The molecule has 0 radical (unpaired) electrons. The average Bonchev–Trinajstić information content (AvgIpc) is 2.99. The van der Waals surface area contributed by atoms with Gasteiger partial charge >= 0.3 is 0 Å². The number of amides is 1. The van der Waals surface area contributed by atoms with Crippen LogP contribution in [0, 0.1) is 0 Å². The summed E-state index contributed by atoms with van der Waals surface area (Å²) in [6, 6.07) is 9.43. The number of carbonyl (C=O) groups excluding carboxylic acids is 2. The molecule has 2 aromatic carbocycles. The number of benzene rings is 2. The molecule has 0 N–H and O–H groups in total. The van der Waals surface area contributed by atoms with Gasteiger partial charge in [-0.3, -0.25) is 9.59 Å². The quantitative estimate of drug-likeness (QED) is 0.240. The molecule has 1 aliphatic heterocycles. The second-order valence-electron chi connectivity index (χ2n) is 8.69. The molecule has 0 atom stereocenters. The highest BCUT2D eigenvalue weighted by Crippen LogP contribution is 2.32. The van der Waals surface area contributed by atoms with Crippen molar-refractivity contribution in [1.82, 2.24) is 9.80 Å². The second-order valence-corrected chi connectivity index (χ2v) is 8.69. The first-order chi connectivity index (χ1) is 16.9. The van der Waals surface area contributed by atoms with Crippen LogP contribution in [0.25, 0.3) is 0 Å². The highest BCUT2D eigenvalue weighted by Gasteiger charge is 2.30. The molecular weight excluding hydrogens is 696 g/mol. The van der Waals surface area contributed by atoms with E-state index in [-0.39, 0.29) is 86.8 Å². The highest BCUT2D eigenvalue weighted by molar-refractivity contribution is 6.43. The first-order valence-electron chi connectivity index (χ1n) is 11.9. The lowest BCUT2D eigenvalue weighted by Gasteiger charge is -2.22. The third-order valence-corrected chi connectivity index (χ3v) is 6.41. The van der Waals surface area contributed by atoms with E-state index in [4.69, 9.17) is 18.9 Å². The van der Waals surface area contributed by atoms with Gasteiger partial charge in [0, 0.05) is 18.7 Å². The number of hydrogen-bond acceptors (Lipinski definition) is 7. The smallest absolute Gasteiger partial charge is 0.294 e. The molecular formula is C27H43Cl7N2O6. The van der Waals surface area contributed by atoms with Crippen LogP contribution < -0.4 is 18.9 Å². The molecule has 2 aromatic rings. The molecule has 1 heterocycles. The maximum atomic E-state index is 12.9. The van der Waals surface area contributed by atoms with Crippen molar-refractivity contribution in [2.24, 2.45) is 0 Å². The number of fused-ring (bicyclic) bond motifs is 1. The molecule has 0 aromatic heterocycles. The van der Waals surface area contributed by atoms with Gasteiger partial charge in [-0.1, -0.05) is 6.07 Å². The number of aryl methyl sites for hydroxylation is 1. The van der Waals surface area contributed by atoms with Crippen LogP contribution in [0.15, 0.2) is 30.3 Å². The van der Waals surface area contributed by atoms with Gasteiger partial charge in [-0.05, 0) is 81.2 Å². The summed E-state index contributed by atoms with van der Waals surface area (Å²) in [6.45, 7) is 2.84. The van der Waals surface area contributed by atoms with Gasteiger partial charge in [-0.15, -0.1) is 86.8 Å². The van der Waals surface area contributed by atoms with Gasteiger partial charge in [-0.2, -0.15) is 0 Å². The molecule has 8 nitrogen and oxygen atoms in total. The normalized spacial score (nSPS) is 11.2. The third-order valence-electron chi connectivity index (χ3n) is 6.41. The summed E-state index contributed by atoms with van der Waals surface area (Å²) < 4.78 is 21.3. The van der Waals surface area contributed by atoms with Gasteiger partial charge in [-0.25, -0.2) is 0 Å². The second kappa shape index (κ2) is 25.1. The lowest BCUT2D eigenvalue weighted by atomic mass is 10.0. The zero-order valence-corrected chi connectivity index (χ0v) is 30.0. The van der Waals surface area contributed by atoms with E-state index in [1.165, 1.54) is 12.7 Å². The van der Waals surface area contributed by atoms with Crippen LogP contribution in [0.4, 0.5) is 0 Å². The van der Waals surface area contributed by atoms with Crippen molar-refractivity contribution in [3.8, 4) is 23.0 Å². The standard InChI is InChI=1S/C27H36N2O6.7ClH/c1-28(12-6-8-19-9-10-22(32-2)23(16-19)33-3)13-7-14-29-15-11-20-17-24(34-4)25(35-5)18-21(20)26(30)27(29)31;;;;;;;/h9-10,16-18H,6-8,11-15H2,1-5H3;7*1H. The molecule has 0 unspecified atom stereocenters. The van der Waals surface area contributed by atoms with Crippen LogP contribution in [-0.4, -0.2) is 83.2 Å². The number of hydrogen-bond donors (Lipinski definition) is 0. The van der Waals surface area contributed by atoms with Crippen molar-refractivity contribution in [3.63, 3.8) is 0 Å². The first kappa shape index (κ1) is 50.4. The van der Waals surface area contributed by atoms with Gasteiger partial charge in [0.05, 0.1) is 28.4 Å². The highest BCUT2D eigenvalue weighted by atomic mass is 35.5. The number of nitrogens with zero attached hydrogens (tertiary/aromatic N) is 2. The molecule has 0 bridgehead atoms. The van der Waals surface area contributed by atoms with Crippen LogP contribution >= 0.6 is 86.8 Å². The number of halogens is 7. The molecule has 42 heavy (non-hydrogen) atoms. The van der Waals surface area contributed by atoms with Gasteiger partial charge < -0.3 is 28.7 Å². The summed E-state index contributed by atoms with van der Waals surface area (Å²) >= 11 is 0. The number of ketones is 1. The fraction of sp³-hybridized carbons (Fsp3) is 0.481. The fourth-order valence-corrected chi connectivity index (χ4v) is 4.40. The number of carbonyl (C=O) groups is 2. The molecule has 1 amide bonds. The van der Waals surface area contributed by atoms with Gasteiger partial charge in [0.2, 0.25) is 0 Å². The molecule has 0 fully saturated rings. The maximum Gasteiger partial charge on any atom is 0.294 e. The first-order valence-corrected chi connectivity index (χ1v) is 11.9. The van der Waals surface area contributed by atoms with Crippen molar-refractivity contribution in [3.05, 3.63) is 47.0 Å². The summed E-state index contributed by atoms with van der Waals surface area (Å²) in [5.41, 5.74) is 2.43. The van der Waals surface area contributed by atoms with Crippen LogP contribution in [0.1, 0.15) is 34.3 Å². The van der Waals surface area contributed by atoms with Crippen LogP contribution in [0.3, 0.4) is 0 Å². The Kier molecular flexibility index (Phi) is 30.2. The minimum atomic E-state index is -0.485. The molecule has 1 aliphatic rings. The van der Waals surface area contributed by atoms with E-state index in [2.05, 4.69) is 18.0 Å². The van der Waals surface area contributed by atoms with Gasteiger partial charge in [0.15, 0.2) is 23.0 Å². The Balaban J connectivity index is -0.000000652. The van der Waals surface area contributed by atoms with Gasteiger partial charge in [0.25, 0.3) is 11.7 Å². The maximum absolute atomic E-state index is 12.9. The van der Waals surface area contributed by atoms with Crippen molar-refractivity contribution >= 4 is 98.5 Å². The van der Waals surface area contributed by atoms with Gasteiger partial charge in [0.1, 0.15) is 0 Å². The predicted octanol–water partition coefficient (Wildman–Crippen LogP) is 6.20. The third kappa shape index (κ3) is 13.2. The summed E-state index contributed by atoms with van der Waals surface area (Å²) in [4.78, 5) is 29.6. The van der Waals surface area contributed by atoms with Crippen molar-refractivity contribution in [2.75, 3.05) is 61.7 Å². The van der Waals surface area contributed by atoms with E-state index in [1.807, 2.05) is 12.1 Å². The Morgan fingerprint density at radius 3 is 1.81 bits per heavy atom. The van der Waals surface area contributed by atoms with Crippen LogP contribution in [-0.2, 0) is 17.6 Å². The predicted molar refractivity (Wildman–Crippen MR) is 185 cm³/mol. The zero-order valence-electron chi connectivity index (χ0n) is 24.2. The summed E-state index contributed by atoms with van der Waals surface area (Å²) in [5.74, 6) is 1.56. The zero-order chi connectivity index (χ0) is 25.4. The van der Waals surface area contributed by atoms with E-state index in [1.54, 1.807) is 38.4 Å². The average molecular weight is 740 g/mol. The Labute approximate surface area is 292 Å². The Bertz CT molecular complexity index is 1070. The van der Waals surface area contributed by atoms with E-state index in [9.17, 15) is 9.59 Å². The number of methoxy groups -OCH3 is 4. The van der Waals surface area contributed by atoms with E-state index < -0.39 is 11.7 Å². The lowest BCUT2D eigenvalue weighted by molar-refractivity contribution is -0.126. The fourth-order valence-electron chi connectivity index (χ4n) is 4.40. The Morgan fingerprint density at radius 1 is 0.714 bits per heavy atom. The topological polar surface area (TPSA) is 77.5 Å². The minimum Gasteiger partial charge on any atom is -0.493 e. The molecule has 0 saturated carbocycles. The van der Waals surface area contributed by atoms with Crippen molar-refractivity contribution < 1.29 is 28.5 Å². The van der Waals surface area contributed by atoms with Crippen LogP contribution in [0.5, 0.6) is 23.0 Å². The van der Waals surface area contributed by atoms with E-state index in [0.29, 0.717) is 36.6 Å². The molecule has 0 aliphatic carbocycles. The van der Waals surface area contributed by atoms with Crippen molar-refractivity contribution in [1.29, 1.82) is 0 Å². The summed E-state index contributed by atoms with van der Waals surface area (Å²) in [5, 5.41) is 0. The van der Waals surface area contributed by atoms with E-state index in [0.717, 1.165) is 49.4 Å². The Morgan fingerprint density at radius 2 is 1.24 bits per heavy atom. The largest absolute Gasteiger partial charge is 0.493 e. The lowest BCUT2D eigenvalue weighted by Crippen LogP contribution is -2.38. The molecule has 3 rings (SSSR count). The summed E-state index contributed by atoms with van der Waals surface area (Å²) in [7, 11) is 8.44. The molecule has 246 valence electrons. The SMILES string of the molecule is COc1ccc(CCCN(C)CCCN2CCc3cc(OC)c(OC)cc3C(=O)C2=O)cc1OC.Cl.Cl.Cl.Cl.Cl.Cl.Cl. The molecule has 0 saturated heterocycles.